The molecule has 0 aliphatic carbocycles. The molecule has 0 N–H and O–H groups in total. The zero-order valence-electron chi connectivity index (χ0n) is 10.3. The maximum atomic E-state index is 12.0. The number of amides is 2. The normalized spacial score (nSPS) is 15.5. The van der Waals surface area contributed by atoms with E-state index in [0.717, 1.165) is 0 Å². The molecule has 98 valence electrons. The van der Waals surface area contributed by atoms with Gasteiger partial charge in [0.25, 0.3) is 5.91 Å². The van der Waals surface area contributed by atoms with E-state index in [0.29, 0.717) is 31.9 Å². The fraction of sp³-hybridized carbons (Fsp3) is 0.500. The van der Waals surface area contributed by atoms with Gasteiger partial charge in [0, 0.05) is 25.5 Å². The van der Waals surface area contributed by atoms with E-state index in [9.17, 15) is 9.59 Å². The maximum absolute atomic E-state index is 12.0. The van der Waals surface area contributed by atoms with E-state index in [-0.39, 0.29) is 18.4 Å². The van der Waals surface area contributed by atoms with Crippen LogP contribution in [0.5, 0.6) is 0 Å². The van der Waals surface area contributed by atoms with Crippen molar-refractivity contribution in [3.05, 3.63) is 22.4 Å². The Morgan fingerprint density at radius 2 is 2.17 bits per heavy atom. The molecule has 1 fully saturated rings. The van der Waals surface area contributed by atoms with Gasteiger partial charge in [-0.15, -0.1) is 0 Å². The van der Waals surface area contributed by atoms with Gasteiger partial charge >= 0.3 is 0 Å². The lowest BCUT2D eigenvalue weighted by atomic mass is 10.3. The summed E-state index contributed by atoms with van der Waals surface area (Å²) in [6.45, 7) is 2.50. The molecule has 0 aromatic carbocycles. The average molecular weight is 268 g/mol. The molecule has 0 saturated carbocycles. The Labute approximate surface area is 110 Å². The highest BCUT2D eigenvalue weighted by molar-refractivity contribution is 7.08. The van der Waals surface area contributed by atoms with E-state index in [2.05, 4.69) is 0 Å². The smallest absolute Gasteiger partial charge is 0.254 e. The quantitative estimate of drug-likeness (QED) is 0.810. The van der Waals surface area contributed by atoms with Gasteiger partial charge < -0.3 is 14.5 Å². The first-order chi connectivity index (χ1) is 8.68. The maximum Gasteiger partial charge on any atom is 0.254 e. The largest absolute Gasteiger partial charge is 0.378 e. The van der Waals surface area contributed by atoms with Gasteiger partial charge in [-0.3, -0.25) is 9.59 Å². The second-order valence-electron chi connectivity index (χ2n) is 4.17. The fourth-order valence-electron chi connectivity index (χ4n) is 1.79. The number of morpholine rings is 1. The first kappa shape index (κ1) is 13.0. The summed E-state index contributed by atoms with van der Waals surface area (Å²) in [5.41, 5.74) is 0.636. The molecule has 2 rings (SSSR count). The van der Waals surface area contributed by atoms with Crippen molar-refractivity contribution in [2.24, 2.45) is 0 Å². The van der Waals surface area contributed by atoms with E-state index in [1.807, 2.05) is 5.38 Å². The van der Waals surface area contributed by atoms with Crippen LogP contribution in [-0.2, 0) is 9.53 Å². The first-order valence-electron chi connectivity index (χ1n) is 5.81. The molecule has 0 bridgehead atoms. The lowest BCUT2D eigenvalue weighted by molar-refractivity contribution is -0.135. The van der Waals surface area contributed by atoms with Gasteiger partial charge in [0.2, 0.25) is 5.91 Å². The zero-order valence-corrected chi connectivity index (χ0v) is 11.1. The Kier molecular flexibility index (Phi) is 4.33. The van der Waals surface area contributed by atoms with Gasteiger partial charge in [-0.2, -0.15) is 11.3 Å². The summed E-state index contributed by atoms with van der Waals surface area (Å²) in [6, 6.07) is 1.77. The van der Waals surface area contributed by atoms with Crippen molar-refractivity contribution in [3.63, 3.8) is 0 Å². The highest BCUT2D eigenvalue weighted by Gasteiger charge is 2.21. The van der Waals surface area contributed by atoms with E-state index in [1.165, 1.54) is 16.2 Å². The van der Waals surface area contributed by atoms with Crippen LogP contribution in [0.4, 0.5) is 0 Å². The topological polar surface area (TPSA) is 49.9 Å². The van der Waals surface area contributed by atoms with Crippen molar-refractivity contribution >= 4 is 23.2 Å². The van der Waals surface area contributed by atoms with E-state index in [4.69, 9.17) is 4.74 Å². The summed E-state index contributed by atoms with van der Waals surface area (Å²) in [5, 5.41) is 3.64. The van der Waals surface area contributed by atoms with Gasteiger partial charge in [-0.1, -0.05) is 0 Å². The minimum atomic E-state index is -0.113. The zero-order chi connectivity index (χ0) is 13.0. The number of hydrogen-bond acceptors (Lipinski definition) is 4. The molecule has 0 unspecified atom stereocenters. The third-order valence-electron chi connectivity index (χ3n) is 2.85. The number of carbonyl (C=O) groups excluding carboxylic acids is 2. The molecule has 1 saturated heterocycles. The van der Waals surface area contributed by atoms with Crippen LogP contribution in [0.1, 0.15) is 10.4 Å². The summed E-state index contributed by atoms with van der Waals surface area (Å²) >= 11 is 1.47. The summed E-state index contributed by atoms with van der Waals surface area (Å²) < 4.78 is 5.19. The molecule has 6 heteroatoms. The number of thiophene rings is 1. The average Bonchev–Trinajstić information content (AvgIpc) is 2.92. The number of nitrogens with zero attached hydrogens (tertiary/aromatic N) is 2. The van der Waals surface area contributed by atoms with Crippen LogP contribution in [0.2, 0.25) is 0 Å². The molecule has 1 aromatic rings. The Morgan fingerprint density at radius 1 is 1.44 bits per heavy atom. The predicted octanol–water partition coefficient (Wildman–Crippen LogP) is 0.679. The molecule has 1 aliphatic heterocycles. The second kappa shape index (κ2) is 5.97. The number of rotatable bonds is 3. The molecule has 0 spiro atoms. The number of ether oxygens (including phenoxy) is 1. The second-order valence-corrected chi connectivity index (χ2v) is 4.95. The van der Waals surface area contributed by atoms with Crippen LogP contribution in [0.15, 0.2) is 16.8 Å². The Hall–Kier alpha value is -1.40. The van der Waals surface area contributed by atoms with Crippen molar-refractivity contribution in [1.29, 1.82) is 0 Å². The van der Waals surface area contributed by atoms with Crippen LogP contribution in [0.3, 0.4) is 0 Å². The minimum Gasteiger partial charge on any atom is -0.378 e. The Bertz CT molecular complexity index is 413. The van der Waals surface area contributed by atoms with E-state index >= 15 is 0 Å². The van der Waals surface area contributed by atoms with Crippen molar-refractivity contribution in [2.45, 2.75) is 0 Å². The monoisotopic (exact) mass is 268 g/mol. The van der Waals surface area contributed by atoms with E-state index in [1.54, 1.807) is 23.4 Å². The third kappa shape index (κ3) is 3.08. The molecular formula is C12H16N2O3S. The predicted molar refractivity (Wildman–Crippen MR) is 68.7 cm³/mol. The molecule has 5 nitrogen and oxygen atoms in total. The van der Waals surface area contributed by atoms with Crippen molar-refractivity contribution in [3.8, 4) is 0 Å². The molecule has 0 radical (unpaired) electrons. The van der Waals surface area contributed by atoms with Crippen LogP contribution in [0.25, 0.3) is 0 Å². The van der Waals surface area contributed by atoms with Gasteiger partial charge in [0.05, 0.1) is 25.3 Å². The molecule has 1 aliphatic rings. The van der Waals surface area contributed by atoms with Gasteiger partial charge in [-0.25, -0.2) is 0 Å². The molecule has 1 aromatic heterocycles. The summed E-state index contributed by atoms with van der Waals surface area (Å²) in [7, 11) is 1.65. The van der Waals surface area contributed by atoms with Crippen LogP contribution < -0.4 is 0 Å². The van der Waals surface area contributed by atoms with Gasteiger partial charge in [-0.05, 0) is 11.4 Å². The summed E-state index contributed by atoms with van der Waals surface area (Å²) in [4.78, 5) is 27.1. The highest BCUT2D eigenvalue weighted by atomic mass is 32.1. The number of likely N-dealkylation sites (N-methyl/N-ethyl adjacent to an activating group) is 1. The molecule has 0 atom stereocenters. The van der Waals surface area contributed by atoms with E-state index < -0.39 is 0 Å². The van der Waals surface area contributed by atoms with Crippen LogP contribution in [-0.4, -0.2) is 61.5 Å². The first-order valence-corrected chi connectivity index (χ1v) is 6.76. The highest BCUT2D eigenvalue weighted by Crippen LogP contribution is 2.09. The minimum absolute atomic E-state index is 0.0237. The summed E-state index contributed by atoms with van der Waals surface area (Å²) in [5.74, 6) is -0.137. The van der Waals surface area contributed by atoms with Gasteiger partial charge in [0.1, 0.15) is 0 Å². The van der Waals surface area contributed by atoms with Crippen LogP contribution in [0, 0.1) is 0 Å². The van der Waals surface area contributed by atoms with Gasteiger partial charge in [0.15, 0.2) is 0 Å². The molecular weight excluding hydrogens is 252 g/mol. The fourth-order valence-corrected chi connectivity index (χ4v) is 2.42. The standard InChI is InChI=1S/C12H16N2O3S/c1-13(12(16)10-2-7-18-9-10)8-11(15)14-3-5-17-6-4-14/h2,7,9H,3-6,8H2,1H3. The SMILES string of the molecule is CN(CC(=O)N1CCOCC1)C(=O)c1ccsc1. The number of hydrogen-bond donors (Lipinski definition) is 0. The van der Waals surface area contributed by atoms with Crippen molar-refractivity contribution in [1.82, 2.24) is 9.80 Å². The third-order valence-corrected chi connectivity index (χ3v) is 3.53. The molecule has 2 amide bonds. The molecule has 2 heterocycles. The number of carbonyl (C=O) groups is 2. The Balaban J connectivity index is 1.88. The van der Waals surface area contributed by atoms with Crippen molar-refractivity contribution < 1.29 is 14.3 Å². The Morgan fingerprint density at radius 3 is 2.78 bits per heavy atom. The molecule has 18 heavy (non-hydrogen) atoms. The van der Waals surface area contributed by atoms with Crippen molar-refractivity contribution in [2.75, 3.05) is 39.9 Å². The van der Waals surface area contributed by atoms with Crippen LogP contribution >= 0.6 is 11.3 Å². The summed E-state index contributed by atoms with van der Waals surface area (Å²) in [6.07, 6.45) is 0. The lowest BCUT2D eigenvalue weighted by Crippen LogP contribution is -2.46. The lowest BCUT2D eigenvalue weighted by Gasteiger charge is -2.28.